The molecule has 2 aliphatic rings. The third-order valence-corrected chi connectivity index (χ3v) is 5.47. The molecule has 2 atom stereocenters. The number of ether oxygens (including phenoxy) is 1. The van der Waals surface area contributed by atoms with E-state index in [0.717, 1.165) is 44.3 Å². The van der Waals surface area contributed by atoms with E-state index in [0.29, 0.717) is 17.4 Å². The van der Waals surface area contributed by atoms with Gasteiger partial charge in [0, 0.05) is 31.6 Å². The fourth-order valence-corrected chi connectivity index (χ4v) is 4.07. The normalized spacial score (nSPS) is 22.1. The number of carbonyl (C=O) groups is 1. The van der Waals surface area contributed by atoms with E-state index in [-0.39, 0.29) is 12.0 Å². The lowest BCUT2D eigenvalue weighted by Gasteiger charge is -2.30. The third kappa shape index (κ3) is 3.31. The predicted molar refractivity (Wildman–Crippen MR) is 103 cm³/mol. The molecule has 5 nitrogen and oxygen atoms in total. The number of rotatable bonds is 4. The molecule has 0 spiro atoms. The average Bonchev–Trinajstić information content (AvgIpc) is 3.12. The molecule has 1 amide bonds. The number of benzene rings is 1. The van der Waals surface area contributed by atoms with Crippen molar-refractivity contribution in [2.24, 2.45) is 0 Å². The Labute approximate surface area is 154 Å². The van der Waals surface area contributed by atoms with Crippen molar-refractivity contribution in [3.8, 4) is 0 Å². The number of pyridine rings is 1. The van der Waals surface area contributed by atoms with E-state index in [1.807, 2.05) is 35.2 Å². The lowest BCUT2D eigenvalue weighted by Crippen LogP contribution is -2.33. The number of nitrogens with zero attached hydrogens (tertiary/aromatic N) is 2. The summed E-state index contributed by atoms with van der Waals surface area (Å²) in [6.45, 7) is 0.724. The first-order valence-electron chi connectivity index (χ1n) is 9.40. The molecule has 5 heteroatoms. The van der Waals surface area contributed by atoms with E-state index in [4.69, 9.17) is 4.74 Å². The molecule has 2 unspecified atom stereocenters. The zero-order valence-electron chi connectivity index (χ0n) is 15.1. The number of para-hydroxylation sites is 1. The molecule has 1 aliphatic carbocycles. The number of aromatic nitrogens is 1. The van der Waals surface area contributed by atoms with Crippen LogP contribution in [0.5, 0.6) is 0 Å². The topological polar surface area (TPSA) is 54.5 Å². The van der Waals surface area contributed by atoms with Gasteiger partial charge in [-0.25, -0.2) is 4.98 Å². The van der Waals surface area contributed by atoms with E-state index in [9.17, 15) is 4.79 Å². The number of amides is 1. The summed E-state index contributed by atoms with van der Waals surface area (Å²) in [6.07, 6.45) is 7.20. The second-order valence-corrected chi connectivity index (χ2v) is 7.10. The molecule has 1 aromatic heterocycles. The van der Waals surface area contributed by atoms with Crippen LogP contribution in [0.1, 0.15) is 41.6 Å². The Morgan fingerprint density at radius 2 is 2.12 bits per heavy atom. The van der Waals surface area contributed by atoms with Crippen LogP contribution in [0.3, 0.4) is 0 Å². The SMILES string of the molecule is COC1CCCC(Nc2ncccc2C(=O)N2CCc3ccccc32)C1. The van der Waals surface area contributed by atoms with Gasteiger partial charge in [-0.1, -0.05) is 18.2 Å². The summed E-state index contributed by atoms with van der Waals surface area (Å²) in [5.41, 5.74) is 2.89. The van der Waals surface area contributed by atoms with Gasteiger partial charge in [-0.15, -0.1) is 0 Å². The minimum atomic E-state index is 0.0182. The van der Waals surface area contributed by atoms with Crippen LogP contribution >= 0.6 is 0 Å². The maximum atomic E-state index is 13.2. The largest absolute Gasteiger partial charge is 0.381 e. The van der Waals surface area contributed by atoms with Gasteiger partial charge in [0.25, 0.3) is 5.91 Å². The molecular formula is C21H25N3O2. The Kier molecular flexibility index (Phi) is 4.89. The number of nitrogens with one attached hydrogen (secondary N) is 1. The molecule has 1 aromatic carbocycles. The molecule has 1 N–H and O–H groups in total. The highest BCUT2D eigenvalue weighted by Crippen LogP contribution is 2.31. The number of carbonyl (C=O) groups excluding carboxylic acids is 1. The van der Waals surface area contributed by atoms with Crippen LogP contribution in [0.4, 0.5) is 11.5 Å². The molecular weight excluding hydrogens is 326 g/mol. The molecule has 4 rings (SSSR count). The van der Waals surface area contributed by atoms with Crippen molar-refractivity contribution >= 4 is 17.4 Å². The second-order valence-electron chi connectivity index (χ2n) is 7.10. The van der Waals surface area contributed by atoms with E-state index in [2.05, 4.69) is 16.4 Å². The summed E-state index contributed by atoms with van der Waals surface area (Å²) in [6, 6.07) is 12.1. The van der Waals surface area contributed by atoms with Crippen LogP contribution in [-0.4, -0.2) is 36.7 Å². The number of anilines is 2. The molecule has 1 aliphatic heterocycles. The van der Waals surface area contributed by atoms with E-state index in [1.54, 1.807) is 13.3 Å². The van der Waals surface area contributed by atoms with E-state index >= 15 is 0 Å². The molecule has 1 fully saturated rings. The predicted octanol–water partition coefficient (Wildman–Crippen LogP) is 3.65. The summed E-state index contributed by atoms with van der Waals surface area (Å²) in [4.78, 5) is 19.6. The van der Waals surface area contributed by atoms with Crippen LogP contribution in [0.2, 0.25) is 0 Å². The van der Waals surface area contributed by atoms with Crippen LogP contribution in [0.25, 0.3) is 0 Å². The number of methoxy groups -OCH3 is 1. The molecule has 0 bridgehead atoms. The quantitative estimate of drug-likeness (QED) is 0.913. The smallest absolute Gasteiger partial charge is 0.262 e. The molecule has 1 saturated carbocycles. The maximum Gasteiger partial charge on any atom is 0.262 e. The first-order chi connectivity index (χ1) is 12.8. The molecule has 0 saturated heterocycles. The number of hydrogen-bond donors (Lipinski definition) is 1. The molecule has 0 radical (unpaired) electrons. The standard InChI is InChI=1S/C21H25N3O2/c1-26-17-8-4-7-16(14-17)23-20-18(9-5-12-22-20)21(25)24-13-11-15-6-2-3-10-19(15)24/h2-3,5-6,9-10,12,16-17H,4,7-8,11,13-14H2,1H3,(H,22,23). The highest BCUT2D eigenvalue weighted by Gasteiger charge is 2.28. The van der Waals surface area contributed by atoms with Gasteiger partial charge in [0.05, 0.1) is 11.7 Å². The lowest BCUT2D eigenvalue weighted by atomic mass is 9.92. The Bertz CT molecular complexity index is 792. The minimum Gasteiger partial charge on any atom is -0.381 e. The first-order valence-corrected chi connectivity index (χ1v) is 9.40. The van der Waals surface area contributed by atoms with Gasteiger partial charge in [0.2, 0.25) is 0 Å². The van der Waals surface area contributed by atoms with Crippen molar-refractivity contribution in [3.05, 3.63) is 53.7 Å². The van der Waals surface area contributed by atoms with Gasteiger partial charge in [-0.2, -0.15) is 0 Å². The third-order valence-electron chi connectivity index (χ3n) is 5.47. The van der Waals surface area contributed by atoms with Crippen molar-refractivity contribution in [3.63, 3.8) is 0 Å². The number of fused-ring (bicyclic) bond motifs is 1. The fourth-order valence-electron chi connectivity index (χ4n) is 4.07. The average molecular weight is 351 g/mol. The zero-order chi connectivity index (χ0) is 17.9. The fraction of sp³-hybridized carbons (Fsp3) is 0.429. The summed E-state index contributed by atoms with van der Waals surface area (Å²) < 4.78 is 5.52. The van der Waals surface area contributed by atoms with Crippen molar-refractivity contribution in [1.29, 1.82) is 0 Å². The van der Waals surface area contributed by atoms with Crippen LogP contribution in [0.15, 0.2) is 42.6 Å². The molecule has 26 heavy (non-hydrogen) atoms. The highest BCUT2D eigenvalue weighted by molar-refractivity contribution is 6.10. The van der Waals surface area contributed by atoms with Gasteiger partial charge in [0.1, 0.15) is 5.82 Å². The van der Waals surface area contributed by atoms with E-state index < -0.39 is 0 Å². The summed E-state index contributed by atoms with van der Waals surface area (Å²) in [7, 11) is 1.77. The Morgan fingerprint density at radius 1 is 1.23 bits per heavy atom. The summed E-state index contributed by atoms with van der Waals surface area (Å²) >= 11 is 0. The monoisotopic (exact) mass is 351 g/mol. The van der Waals surface area contributed by atoms with E-state index in [1.165, 1.54) is 5.56 Å². The van der Waals surface area contributed by atoms with Crippen LogP contribution in [0, 0.1) is 0 Å². The number of hydrogen-bond acceptors (Lipinski definition) is 4. The summed E-state index contributed by atoms with van der Waals surface area (Å²) in [5, 5.41) is 3.50. The Balaban J connectivity index is 1.55. The summed E-state index contributed by atoms with van der Waals surface area (Å²) in [5.74, 6) is 0.702. The van der Waals surface area contributed by atoms with Crippen LogP contribution in [-0.2, 0) is 11.2 Å². The van der Waals surface area contributed by atoms with Crippen molar-refractivity contribution in [2.45, 2.75) is 44.2 Å². The maximum absolute atomic E-state index is 13.2. The first kappa shape index (κ1) is 17.0. The minimum absolute atomic E-state index is 0.0182. The molecule has 2 heterocycles. The van der Waals surface area contributed by atoms with Crippen LogP contribution < -0.4 is 10.2 Å². The van der Waals surface area contributed by atoms with Gasteiger partial charge in [-0.05, 0) is 55.9 Å². The highest BCUT2D eigenvalue weighted by atomic mass is 16.5. The molecule has 136 valence electrons. The van der Waals surface area contributed by atoms with Crippen molar-refractivity contribution in [2.75, 3.05) is 23.9 Å². The molecule has 2 aromatic rings. The van der Waals surface area contributed by atoms with Gasteiger partial charge in [-0.3, -0.25) is 4.79 Å². The van der Waals surface area contributed by atoms with Gasteiger partial charge >= 0.3 is 0 Å². The van der Waals surface area contributed by atoms with Crippen molar-refractivity contribution < 1.29 is 9.53 Å². The Morgan fingerprint density at radius 3 is 3.00 bits per heavy atom. The van der Waals surface area contributed by atoms with Gasteiger partial charge < -0.3 is 15.0 Å². The lowest BCUT2D eigenvalue weighted by molar-refractivity contribution is 0.0669. The Hall–Kier alpha value is -2.40. The second kappa shape index (κ2) is 7.46. The van der Waals surface area contributed by atoms with Gasteiger partial charge in [0.15, 0.2) is 0 Å². The van der Waals surface area contributed by atoms with Crippen molar-refractivity contribution in [1.82, 2.24) is 4.98 Å². The zero-order valence-corrected chi connectivity index (χ0v) is 15.1.